The highest BCUT2D eigenvalue weighted by Crippen LogP contribution is 2.31. The van der Waals surface area contributed by atoms with Crippen molar-refractivity contribution in [3.05, 3.63) is 82.4 Å². The third kappa shape index (κ3) is 5.63. The first-order chi connectivity index (χ1) is 16.6. The highest BCUT2D eigenvalue weighted by molar-refractivity contribution is 5.92. The average Bonchev–Trinajstić information content (AvgIpc) is 2.89. The largest absolute Gasteiger partial charge is 0.497 e. The molecule has 178 valence electrons. The molecule has 0 saturated heterocycles. The summed E-state index contributed by atoms with van der Waals surface area (Å²) < 4.78 is 27.1. The smallest absolute Gasteiger partial charge is 0.341 e. The summed E-state index contributed by atoms with van der Waals surface area (Å²) in [4.78, 5) is 11.9. The molecule has 0 unspecified atom stereocenters. The minimum Gasteiger partial charge on any atom is -0.497 e. The van der Waals surface area contributed by atoms with Gasteiger partial charge < -0.3 is 23.7 Å². The van der Waals surface area contributed by atoms with Crippen LogP contribution in [0.25, 0.3) is 0 Å². The molecule has 0 amide bonds. The van der Waals surface area contributed by atoms with Gasteiger partial charge in [-0.05, 0) is 84.3 Å². The van der Waals surface area contributed by atoms with Crippen LogP contribution in [0, 0.1) is 0 Å². The Labute approximate surface area is 200 Å². The number of hydrogen-bond acceptors (Lipinski definition) is 6. The lowest BCUT2D eigenvalue weighted by molar-refractivity contribution is 0.0597. The van der Waals surface area contributed by atoms with Crippen molar-refractivity contribution < 1.29 is 28.5 Å². The molecule has 0 atom stereocenters. The number of carbonyl (C=O) groups is 1. The minimum atomic E-state index is -0.404. The van der Waals surface area contributed by atoms with Gasteiger partial charge in [-0.25, -0.2) is 4.79 Å². The second-order valence-electron chi connectivity index (χ2n) is 8.19. The van der Waals surface area contributed by atoms with Gasteiger partial charge in [0.05, 0.1) is 21.3 Å². The van der Waals surface area contributed by atoms with E-state index in [1.807, 2.05) is 18.2 Å². The van der Waals surface area contributed by atoms with Crippen LogP contribution in [0.4, 0.5) is 0 Å². The number of aryl methyl sites for hydroxylation is 4. The van der Waals surface area contributed by atoms with Crippen LogP contribution in [-0.4, -0.2) is 40.5 Å². The summed E-state index contributed by atoms with van der Waals surface area (Å²) in [6, 6.07) is 18.2. The second kappa shape index (κ2) is 11.0. The Morgan fingerprint density at radius 2 is 1.32 bits per heavy atom. The lowest BCUT2D eigenvalue weighted by Crippen LogP contribution is -2.15. The van der Waals surface area contributed by atoms with Crippen LogP contribution in [0.3, 0.4) is 0 Å². The highest BCUT2D eigenvalue weighted by atomic mass is 16.6. The Morgan fingerprint density at radius 1 is 0.706 bits per heavy atom. The summed E-state index contributed by atoms with van der Waals surface area (Å²) >= 11 is 0. The van der Waals surface area contributed by atoms with E-state index in [0.29, 0.717) is 24.5 Å². The van der Waals surface area contributed by atoms with Crippen molar-refractivity contribution >= 4 is 5.97 Å². The van der Waals surface area contributed by atoms with Gasteiger partial charge in [0.2, 0.25) is 0 Å². The summed E-state index contributed by atoms with van der Waals surface area (Å²) in [5, 5.41) is 0. The first-order valence-corrected chi connectivity index (χ1v) is 11.4. The zero-order chi connectivity index (χ0) is 23.9. The van der Waals surface area contributed by atoms with E-state index in [2.05, 4.69) is 30.3 Å². The predicted octanol–water partition coefficient (Wildman–Crippen LogP) is 4.83. The van der Waals surface area contributed by atoms with Crippen LogP contribution in [0.2, 0.25) is 0 Å². The molecule has 3 aromatic carbocycles. The maximum absolute atomic E-state index is 11.9. The Morgan fingerprint density at radius 3 is 1.97 bits per heavy atom. The van der Waals surface area contributed by atoms with Crippen LogP contribution >= 0.6 is 0 Å². The van der Waals surface area contributed by atoms with Crippen molar-refractivity contribution in [2.24, 2.45) is 0 Å². The lowest BCUT2D eigenvalue weighted by atomic mass is 9.98. The molecule has 6 heteroatoms. The lowest BCUT2D eigenvalue weighted by Gasteiger charge is -2.19. The molecule has 0 spiro atoms. The summed E-state index contributed by atoms with van der Waals surface area (Å²) in [5.41, 5.74) is 5.16. The van der Waals surface area contributed by atoms with Gasteiger partial charge in [0.1, 0.15) is 30.3 Å². The first kappa shape index (κ1) is 23.5. The molecule has 0 saturated carbocycles. The number of fused-ring (bicyclic) bond motifs is 1. The number of methoxy groups -OCH3 is 3. The molecule has 1 heterocycles. The monoisotopic (exact) mass is 462 g/mol. The molecular formula is C28H30O6. The Balaban J connectivity index is 1.44. The number of esters is 1. The Bertz CT molecular complexity index is 1150. The van der Waals surface area contributed by atoms with Crippen LogP contribution in [0.15, 0.2) is 54.6 Å². The predicted molar refractivity (Wildman–Crippen MR) is 130 cm³/mol. The molecule has 0 bridgehead atoms. The van der Waals surface area contributed by atoms with Crippen molar-refractivity contribution in [1.29, 1.82) is 0 Å². The van der Waals surface area contributed by atoms with E-state index in [1.54, 1.807) is 20.3 Å². The van der Waals surface area contributed by atoms with E-state index in [9.17, 15) is 4.79 Å². The molecule has 0 aromatic heterocycles. The third-order valence-electron chi connectivity index (χ3n) is 5.94. The number of benzene rings is 3. The van der Waals surface area contributed by atoms with Crippen LogP contribution in [0.1, 0.15) is 32.6 Å². The summed E-state index contributed by atoms with van der Waals surface area (Å²) in [7, 11) is 4.62. The summed E-state index contributed by atoms with van der Waals surface area (Å²) in [5.74, 6) is 2.61. The SMILES string of the molecule is COC(=O)c1ccc(CCc2cc(CCc3ccc4c(c3)OCCO4)cc(OC)c2)cc1OC. The van der Waals surface area contributed by atoms with Gasteiger partial charge in [0.15, 0.2) is 11.5 Å². The van der Waals surface area contributed by atoms with Crippen LogP contribution in [-0.2, 0) is 30.4 Å². The minimum absolute atomic E-state index is 0.404. The quantitative estimate of drug-likeness (QED) is 0.425. The maximum atomic E-state index is 11.9. The third-order valence-corrected chi connectivity index (χ3v) is 5.94. The maximum Gasteiger partial charge on any atom is 0.341 e. The zero-order valence-corrected chi connectivity index (χ0v) is 19.9. The van der Waals surface area contributed by atoms with E-state index in [4.69, 9.17) is 23.7 Å². The van der Waals surface area contributed by atoms with E-state index < -0.39 is 5.97 Å². The standard InChI is InChI=1S/C28H30O6/c1-30-23-15-21(6-4-19-8-10-24(28(29)32-3)26(17-19)31-2)14-22(16-23)7-5-20-9-11-25-27(18-20)34-13-12-33-25/h8-11,14-18H,4-7,12-13H2,1-3H3. The number of carbonyl (C=O) groups excluding carboxylic acids is 1. The van der Waals surface area contributed by atoms with Gasteiger partial charge in [-0.3, -0.25) is 0 Å². The van der Waals surface area contributed by atoms with Gasteiger partial charge in [-0.1, -0.05) is 18.2 Å². The highest BCUT2D eigenvalue weighted by Gasteiger charge is 2.14. The molecule has 1 aliphatic heterocycles. The van der Waals surface area contributed by atoms with E-state index in [0.717, 1.165) is 48.5 Å². The van der Waals surface area contributed by atoms with Gasteiger partial charge in [0, 0.05) is 0 Å². The fraction of sp³-hybridized carbons (Fsp3) is 0.321. The number of ether oxygens (including phenoxy) is 5. The molecule has 34 heavy (non-hydrogen) atoms. The van der Waals surface area contributed by atoms with Crippen molar-refractivity contribution in [3.63, 3.8) is 0 Å². The van der Waals surface area contributed by atoms with Gasteiger partial charge in [-0.2, -0.15) is 0 Å². The number of hydrogen-bond donors (Lipinski definition) is 0. The molecule has 3 aromatic rings. The first-order valence-electron chi connectivity index (χ1n) is 11.4. The Kier molecular flexibility index (Phi) is 7.58. The van der Waals surface area contributed by atoms with Gasteiger partial charge in [0.25, 0.3) is 0 Å². The van der Waals surface area contributed by atoms with Crippen molar-refractivity contribution in [1.82, 2.24) is 0 Å². The Hall–Kier alpha value is -3.67. The van der Waals surface area contributed by atoms with Crippen molar-refractivity contribution in [3.8, 4) is 23.0 Å². The van der Waals surface area contributed by atoms with Gasteiger partial charge in [-0.15, -0.1) is 0 Å². The van der Waals surface area contributed by atoms with Crippen molar-refractivity contribution in [2.75, 3.05) is 34.5 Å². The zero-order valence-electron chi connectivity index (χ0n) is 19.9. The summed E-state index contributed by atoms with van der Waals surface area (Å²) in [6.45, 7) is 1.19. The molecule has 0 fully saturated rings. The second-order valence-corrected chi connectivity index (χ2v) is 8.19. The summed E-state index contributed by atoms with van der Waals surface area (Å²) in [6.07, 6.45) is 3.45. The van der Waals surface area contributed by atoms with Crippen molar-refractivity contribution in [2.45, 2.75) is 25.7 Å². The normalized spacial score (nSPS) is 12.2. The van der Waals surface area contributed by atoms with Crippen LogP contribution < -0.4 is 18.9 Å². The molecule has 0 N–H and O–H groups in total. The topological polar surface area (TPSA) is 63.2 Å². The molecule has 0 radical (unpaired) electrons. The van der Waals surface area contributed by atoms with E-state index >= 15 is 0 Å². The van der Waals surface area contributed by atoms with Gasteiger partial charge >= 0.3 is 5.97 Å². The fourth-order valence-corrected chi connectivity index (χ4v) is 4.13. The van der Waals surface area contributed by atoms with Crippen LogP contribution in [0.5, 0.6) is 23.0 Å². The van der Waals surface area contributed by atoms with E-state index in [-0.39, 0.29) is 0 Å². The fourth-order valence-electron chi connectivity index (χ4n) is 4.13. The number of rotatable bonds is 9. The molecule has 1 aliphatic rings. The molecule has 4 rings (SSSR count). The average molecular weight is 463 g/mol. The van der Waals surface area contributed by atoms with E-state index in [1.165, 1.54) is 23.8 Å². The molecule has 6 nitrogen and oxygen atoms in total. The molecular weight excluding hydrogens is 432 g/mol. The molecule has 0 aliphatic carbocycles.